The van der Waals surface area contributed by atoms with Gasteiger partial charge in [0.2, 0.25) is 0 Å². The van der Waals surface area contributed by atoms with Gasteiger partial charge in [0.05, 0.1) is 143 Å². The van der Waals surface area contributed by atoms with Crippen molar-refractivity contribution in [2.75, 3.05) is 172 Å². The van der Waals surface area contributed by atoms with Gasteiger partial charge < -0.3 is 61.6 Å². The van der Waals surface area contributed by atoms with E-state index in [1.807, 2.05) is 0 Å². The number of ether oxygens (including phenoxy) is 13. The fourth-order valence-corrected chi connectivity index (χ4v) is 6.56. The Kier molecular flexibility index (Phi) is 47.1. The Morgan fingerprint density at radius 2 is 0.397 bits per heavy atom. The maximum absolute atomic E-state index is 6.87. The lowest BCUT2D eigenvalue weighted by molar-refractivity contribution is -0.149. The first-order valence-electron chi connectivity index (χ1n) is 27.2. The van der Waals surface area contributed by atoms with Crippen LogP contribution in [0.15, 0.2) is 0 Å². The molecule has 0 aromatic heterocycles. The van der Waals surface area contributed by atoms with Crippen LogP contribution in [0.3, 0.4) is 0 Å². The first kappa shape index (κ1) is 67.5. The van der Waals surface area contributed by atoms with E-state index in [4.69, 9.17) is 61.6 Å². The average Bonchev–Trinajstić information content (AvgIpc) is 3.27. The highest BCUT2D eigenvalue weighted by Gasteiger charge is 2.37. The van der Waals surface area contributed by atoms with Crippen molar-refractivity contribution in [3.8, 4) is 0 Å². The molecule has 0 spiro atoms. The van der Waals surface area contributed by atoms with Gasteiger partial charge in [0.25, 0.3) is 0 Å². The van der Waals surface area contributed by atoms with Crippen LogP contribution in [0.2, 0.25) is 0 Å². The summed E-state index contributed by atoms with van der Waals surface area (Å²) in [6.45, 7) is 39.7. The minimum absolute atomic E-state index is 0.313. The monoisotopic (exact) mass is 981 g/mol. The molecule has 0 atom stereocenters. The van der Waals surface area contributed by atoms with Gasteiger partial charge in [-0.2, -0.15) is 0 Å². The van der Waals surface area contributed by atoms with Crippen molar-refractivity contribution in [2.24, 2.45) is 46.3 Å². The van der Waals surface area contributed by atoms with Crippen LogP contribution in [0, 0.1) is 46.3 Å². The van der Waals surface area contributed by atoms with Gasteiger partial charge in [-0.05, 0) is 74.0 Å². The average molecular weight is 981 g/mol. The van der Waals surface area contributed by atoms with Gasteiger partial charge in [-0.15, -0.1) is 0 Å². The minimum atomic E-state index is -0.644. The Labute approximate surface area is 419 Å². The lowest BCUT2D eigenvalue weighted by atomic mass is 9.90. The summed E-state index contributed by atoms with van der Waals surface area (Å²) in [6.07, 6.45) is 9.68. The van der Waals surface area contributed by atoms with Gasteiger partial charge in [0.1, 0.15) is 0 Å². The molecule has 13 nitrogen and oxygen atoms in total. The second-order valence-corrected chi connectivity index (χ2v) is 21.6. The molecule has 410 valence electrons. The van der Waals surface area contributed by atoms with Crippen molar-refractivity contribution in [1.82, 2.24) is 0 Å². The van der Waals surface area contributed by atoms with Crippen LogP contribution in [-0.2, 0) is 61.6 Å². The molecule has 0 aromatic rings. The summed E-state index contributed by atoms with van der Waals surface area (Å²) in [4.78, 5) is 0. The van der Waals surface area contributed by atoms with E-state index in [-0.39, 0.29) is 0 Å². The van der Waals surface area contributed by atoms with Crippen molar-refractivity contribution in [3.63, 3.8) is 0 Å². The molecule has 0 fully saturated rings. The van der Waals surface area contributed by atoms with E-state index < -0.39 is 10.8 Å². The molecule has 0 radical (unpaired) electrons. The predicted molar refractivity (Wildman–Crippen MR) is 276 cm³/mol. The predicted octanol–water partition coefficient (Wildman–Crippen LogP) is 10.6. The zero-order valence-corrected chi connectivity index (χ0v) is 46.5. The van der Waals surface area contributed by atoms with E-state index in [0.29, 0.717) is 187 Å². The molecule has 0 aromatic carbocycles. The highest BCUT2D eigenvalue weighted by molar-refractivity contribution is 4.83. The molecule has 13 heteroatoms. The van der Waals surface area contributed by atoms with E-state index in [1.165, 1.54) is 12.8 Å². The van der Waals surface area contributed by atoms with E-state index >= 15 is 0 Å². The highest BCUT2D eigenvalue weighted by Crippen LogP contribution is 2.26. The lowest BCUT2D eigenvalue weighted by Crippen LogP contribution is -2.46. The third-order valence-corrected chi connectivity index (χ3v) is 11.3. The molecule has 0 bridgehead atoms. The molecule has 0 unspecified atom stereocenters. The molecule has 0 amide bonds. The van der Waals surface area contributed by atoms with Crippen molar-refractivity contribution in [1.29, 1.82) is 0 Å². The second kappa shape index (κ2) is 47.5. The minimum Gasteiger partial charge on any atom is -0.381 e. The van der Waals surface area contributed by atoms with Gasteiger partial charge in [0, 0.05) is 39.6 Å². The Morgan fingerprint density at radius 3 is 0.647 bits per heavy atom. The third kappa shape index (κ3) is 46.5. The number of hydrogen-bond donors (Lipinski definition) is 0. The van der Waals surface area contributed by atoms with Crippen molar-refractivity contribution < 1.29 is 61.6 Å². The number of unbranched alkanes of at least 4 members (excludes halogenated alkanes) is 2. The molecule has 0 heterocycles. The van der Waals surface area contributed by atoms with E-state index in [9.17, 15) is 0 Å². The second-order valence-electron chi connectivity index (χ2n) is 21.6. The zero-order valence-electron chi connectivity index (χ0n) is 46.5. The summed E-state index contributed by atoms with van der Waals surface area (Å²) in [5, 5.41) is 0. The quantitative estimate of drug-likeness (QED) is 0.0538. The van der Waals surface area contributed by atoms with E-state index in [1.54, 1.807) is 0 Å². The van der Waals surface area contributed by atoms with Crippen LogP contribution in [0.4, 0.5) is 0 Å². The molecule has 68 heavy (non-hydrogen) atoms. The summed E-state index contributed by atoms with van der Waals surface area (Å²) in [5.41, 5.74) is -1.24. The van der Waals surface area contributed by atoms with Crippen molar-refractivity contribution in [3.05, 3.63) is 0 Å². The normalized spacial score (nSPS) is 12.8. The lowest BCUT2D eigenvalue weighted by Gasteiger charge is -2.37. The summed E-state index contributed by atoms with van der Waals surface area (Å²) in [6, 6.07) is 0. The largest absolute Gasteiger partial charge is 0.381 e. The first-order valence-corrected chi connectivity index (χ1v) is 27.2. The van der Waals surface area contributed by atoms with Crippen LogP contribution < -0.4 is 0 Å². The van der Waals surface area contributed by atoms with Gasteiger partial charge >= 0.3 is 0 Å². The fraction of sp³-hybridized carbons (Fsp3) is 1.00. The molecular formula is C55H112O13. The SMILES string of the molecule is CC(C)CCCCCOCC(COCCOCCC(C)C)(COCCOCCC(C)C)COCC(COCCOCCOCCC(C)C)(COCCOCCC(C)C)COCCOCCC(C)C. The Bertz CT molecular complexity index is 935. The fourth-order valence-electron chi connectivity index (χ4n) is 6.56. The molecular weight excluding hydrogens is 869 g/mol. The van der Waals surface area contributed by atoms with Gasteiger partial charge in [-0.25, -0.2) is 0 Å². The smallest absolute Gasteiger partial charge is 0.0701 e. The maximum Gasteiger partial charge on any atom is 0.0701 e. The standard InChI is InChI=1S/C55H112O13/c1-48(2)16-14-13-15-22-62-40-54(41-63-35-30-57-24-18-50(5)6,42-64-36-31-58-25-19-51(7)8)46-68-47-55(43-65-37-32-59-26-20-52(9)10,44-66-38-33-60-27-21-53(11)12)45-67-39-34-61-29-28-56-23-17-49(3)4/h48-53H,13-47H2,1-12H3. The summed E-state index contributed by atoms with van der Waals surface area (Å²) >= 11 is 0. The summed E-state index contributed by atoms with van der Waals surface area (Å²) in [7, 11) is 0. The summed E-state index contributed by atoms with van der Waals surface area (Å²) < 4.78 is 80.7. The third-order valence-electron chi connectivity index (χ3n) is 11.3. The molecule has 0 saturated heterocycles. The Morgan fingerprint density at radius 1 is 0.191 bits per heavy atom. The first-order chi connectivity index (χ1) is 32.7. The van der Waals surface area contributed by atoms with Crippen LogP contribution >= 0.6 is 0 Å². The molecule has 0 aliphatic rings. The van der Waals surface area contributed by atoms with E-state index in [0.717, 1.165) is 64.8 Å². The van der Waals surface area contributed by atoms with Gasteiger partial charge in [-0.1, -0.05) is 102 Å². The topological polar surface area (TPSA) is 120 Å². The van der Waals surface area contributed by atoms with Crippen LogP contribution in [0.25, 0.3) is 0 Å². The van der Waals surface area contributed by atoms with Crippen LogP contribution in [0.1, 0.15) is 141 Å². The Hall–Kier alpha value is -0.520. The molecule has 0 N–H and O–H groups in total. The Balaban J connectivity index is 6.30. The van der Waals surface area contributed by atoms with Gasteiger partial charge in [-0.3, -0.25) is 0 Å². The van der Waals surface area contributed by atoms with E-state index in [2.05, 4.69) is 83.1 Å². The molecule has 0 rings (SSSR count). The van der Waals surface area contributed by atoms with Gasteiger partial charge in [0.15, 0.2) is 0 Å². The molecule has 0 saturated carbocycles. The summed E-state index contributed by atoms with van der Waals surface area (Å²) in [5.74, 6) is 3.67. The van der Waals surface area contributed by atoms with Crippen molar-refractivity contribution >= 4 is 0 Å². The highest BCUT2D eigenvalue weighted by atomic mass is 16.6. The number of rotatable bonds is 55. The zero-order chi connectivity index (χ0) is 50.4. The van der Waals surface area contributed by atoms with Crippen LogP contribution in [0.5, 0.6) is 0 Å². The van der Waals surface area contributed by atoms with Crippen LogP contribution in [-0.4, -0.2) is 172 Å². The maximum atomic E-state index is 6.87. The molecule has 0 aliphatic carbocycles. The van der Waals surface area contributed by atoms with Crippen molar-refractivity contribution in [2.45, 2.75) is 141 Å². The molecule has 0 aliphatic heterocycles. The number of hydrogen-bond acceptors (Lipinski definition) is 13.